The quantitative estimate of drug-likeness (QED) is 0.269. The van der Waals surface area contributed by atoms with Crippen molar-refractivity contribution in [2.45, 2.75) is 71.0 Å². The van der Waals surface area contributed by atoms with Gasteiger partial charge in [-0.2, -0.15) is 0 Å². The maximum absolute atomic E-state index is 12.5. The zero-order chi connectivity index (χ0) is 19.1. The summed E-state index contributed by atoms with van der Waals surface area (Å²) in [6.45, 7) is 4.58. The van der Waals surface area contributed by atoms with E-state index in [9.17, 15) is 4.79 Å². The maximum atomic E-state index is 12.5. The van der Waals surface area contributed by atoms with Crippen LogP contribution in [0.1, 0.15) is 63.0 Å². The lowest BCUT2D eigenvalue weighted by molar-refractivity contribution is -0.131. The Kier molecular flexibility index (Phi) is 9.55. The van der Waals surface area contributed by atoms with Gasteiger partial charge in [-0.1, -0.05) is 37.6 Å². The fourth-order valence-electron chi connectivity index (χ4n) is 4.22. The summed E-state index contributed by atoms with van der Waals surface area (Å²) in [7, 11) is 1.82. The fraction of sp³-hybridized carbons (Fsp3) is 0.636. The van der Waals surface area contributed by atoms with Crippen LogP contribution < -0.4 is 10.6 Å². The average Bonchev–Trinajstić information content (AvgIpc) is 3.15. The van der Waals surface area contributed by atoms with E-state index in [1.54, 1.807) is 0 Å². The Hall–Kier alpha value is -1.31. The van der Waals surface area contributed by atoms with Crippen molar-refractivity contribution in [2.24, 2.45) is 10.9 Å². The Morgan fingerprint density at radius 3 is 2.36 bits per heavy atom. The van der Waals surface area contributed by atoms with Crippen LogP contribution in [-0.4, -0.2) is 36.4 Å². The summed E-state index contributed by atoms with van der Waals surface area (Å²) in [6, 6.07) is 8.86. The SMILES string of the molecule is CCC1CCC(NC(=NC)NCCCC(=O)N2Cc3ccccc3C2)CC1.I. The Morgan fingerprint density at radius 1 is 1.14 bits per heavy atom. The van der Waals surface area contributed by atoms with E-state index in [1.807, 2.05) is 24.1 Å². The second-order valence-electron chi connectivity index (χ2n) is 7.89. The molecule has 2 N–H and O–H groups in total. The lowest BCUT2D eigenvalue weighted by atomic mass is 9.84. The third kappa shape index (κ3) is 6.36. The van der Waals surface area contributed by atoms with Gasteiger partial charge in [-0.15, -0.1) is 24.0 Å². The van der Waals surface area contributed by atoms with Crippen molar-refractivity contribution in [1.29, 1.82) is 0 Å². The largest absolute Gasteiger partial charge is 0.356 e. The standard InChI is InChI=1S/C22H34N4O.HI/c1-3-17-10-12-20(13-11-17)25-22(23-2)24-14-6-9-21(27)26-15-18-7-4-5-8-19(18)16-26;/h4-5,7-8,17,20H,3,6,9-16H2,1-2H3,(H2,23,24,25);1H. The normalized spacial score (nSPS) is 21.6. The molecule has 0 atom stereocenters. The van der Waals surface area contributed by atoms with Crippen LogP contribution in [0.5, 0.6) is 0 Å². The molecule has 0 saturated heterocycles. The number of halogens is 1. The molecular formula is C22H35IN4O. The van der Waals surface area contributed by atoms with Gasteiger partial charge in [-0.05, 0) is 49.1 Å². The number of carbonyl (C=O) groups is 1. The molecule has 0 aromatic heterocycles. The first kappa shape index (κ1) is 23.0. The molecule has 0 spiro atoms. The van der Waals surface area contributed by atoms with Crippen LogP contribution in [-0.2, 0) is 17.9 Å². The van der Waals surface area contributed by atoms with Crippen LogP contribution in [0.15, 0.2) is 29.3 Å². The average molecular weight is 498 g/mol. The number of fused-ring (bicyclic) bond motifs is 1. The van der Waals surface area contributed by atoms with Crippen molar-refractivity contribution in [3.63, 3.8) is 0 Å². The summed E-state index contributed by atoms with van der Waals surface area (Å²) < 4.78 is 0. The summed E-state index contributed by atoms with van der Waals surface area (Å²) in [6.07, 6.45) is 7.81. The van der Waals surface area contributed by atoms with Gasteiger partial charge in [0.15, 0.2) is 5.96 Å². The first-order valence-corrected chi connectivity index (χ1v) is 10.5. The van der Waals surface area contributed by atoms with E-state index in [1.165, 1.54) is 43.2 Å². The summed E-state index contributed by atoms with van der Waals surface area (Å²) in [4.78, 5) is 18.8. The molecule has 0 unspecified atom stereocenters. The van der Waals surface area contributed by atoms with E-state index in [2.05, 4.69) is 34.7 Å². The van der Waals surface area contributed by atoms with Crippen LogP contribution in [0.3, 0.4) is 0 Å². The molecule has 2 aliphatic rings. The summed E-state index contributed by atoms with van der Waals surface area (Å²) in [5.41, 5.74) is 2.57. The minimum Gasteiger partial charge on any atom is -0.356 e. The van der Waals surface area contributed by atoms with E-state index in [-0.39, 0.29) is 29.9 Å². The molecule has 1 aromatic rings. The Balaban J connectivity index is 0.00000280. The monoisotopic (exact) mass is 498 g/mol. The van der Waals surface area contributed by atoms with Gasteiger partial charge in [0.1, 0.15) is 0 Å². The number of benzene rings is 1. The zero-order valence-electron chi connectivity index (χ0n) is 17.2. The number of aliphatic imine (C=N–C) groups is 1. The van der Waals surface area contributed by atoms with Crippen molar-refractivity contribution < 1.29 is 4.79 Å². The zero-order valence-corrected chi connectivity index (χ0v) is 19.6. The van der Waals surface area contributed by atoms with E-state index in [0.717, 1.165) is 37.9 Å². The number of nitrogens with zero attached hydrogens (tertiary/aromatic N) is 2. The fourth-order valence-corrected chi connectivity index (χ4v) is 4.22. The third-order valence-electron chi connectivity index (χ3n) is 6.04. The highest BCUT2D eigenvalue weighted by molar-refractivity contribution is 14.0. The molecule has 1 amide bonds. The lowest BCUT2D eigenvalue weighted by Gasteiger charge is -2.29. The number of rotatable bonds is 6. The number of guanidine groups is 1. The molecule has 0 bridgehead atoms. The topological polar surface area (TPSA) is 56.7 Å². The Morgan fingerprint density at radius 2 is 1.79 bits per heavy atom. The van der Waals surface area contributed by atoms with Crippen molar-refractivity contribution in [2.75, 3.05) is 13.6 Å². The Labute approximate surface area is 186 Å². The summed E-state index contributed by atoms with van der Waals surface area (Å²) in [5.74, 6) is 2.02. The molecule has 156 valence electrons. The molecule has 1 aliphatic heterocycles. The first-order valence-electron chi connectivity index (χ1n) is 10.5. The van der Waals surface area contributed by atoms with Crippen molar-refractivity contribution in [1.82, 2.24) is 15.5 Å². The van der Waals surface area contributed by atoms with Gasteiger partial charge in [0, 0.05) is 39.1 Å². The molecule has 1 saturated carbocycles. The van der Waals surface area contributed by atoms with Gasteiger partial charge >= 0.3 is 0 Å². The highest BCUT2D eigenvalue weighted by Gasteiger charge is 2.22. The molecule has 5 nitrogen and oxygen atoms in total. The van der Waals surface area contributed by atoms with Crippen LogP contribution in [0.25, 0.3) is 0 Å². The second-order valence-corrected chi connectivity index (χ2v) is 7.89. The van der Waals surface area contributed by atoms with Gasteiger partial charge < -0.3 is 15.5 Å². The predicted molar refractivity (Wildman–Crippen MR) is 126 cm³/mol. The molecule has 28 heavy (non-hydrogen) atoms. The van der Waals surface area contributed by atoms with Gasteiger partial charge in [-0.3, -0.25) is 9.79 Å². The molecule has 1 aromatic carbocycles. The van der Waals surface area contributed by atoms with Crippen LogP contribution >= 0.6 is 24.0 Å². The highest BCUT2D eigenvalue weighted by atomic mass is 127. The number of hydrogen-bond acceptors (Lipinski definition) is 2. The first-order chi connectivity index (χ1) is 13.2. The molecule has 1 fully saturated rings. The van der Waals surface area contributed by atoms with Gasteiger partial charge in [0.25, 0.3) is 0 Å². The number of amides is 1. The van der Waals surface area contributed by atoms with E-state index < -0.39 is 0 Å². The van der Waals surface area contributed by atoms with Crippen molar-refractivity contribution in [3.8, 4) is 0 Å². The van der Waals surface area contributed by atoms with Crippen molar-refractivity contribution in [3.05, 3.63) is 35.4 Å². The lowest BCUT2D eigenvalue weighted by Crippen LogP contribution is -2.45. The molecular weight excluding hydrogens is 463 g/mol. The van der Waals surface area contributed by atoms with Gasteiger partial charge in [0.05, 0.1) is 0 Å². The molecule has 1 heterocycles. The number of nitrogens with one attached hydrogen (secondary N) is 2. The third-order valence-corrected chi connectivity index (χ3v) is 6.04. The molecule has 0 radical (unpaired) electrons. The van der Waals surface area contributed by atoms with Gasteiger partial charge in [-0.25, -0.2) is 0 Å². The number of hydrogen-bond donors (Lipinski definition) is 2. The molecule has 1 aliphatic carbocycles. The van der Waals surface area contributed by atoms with Gasteiger partial charge in [0.2, 0.25) is 5.91 Å². The Bertz CT molecular complexity index is 631. The molecule has 3 rings (SSSR count). The summed E-state index contributed by atoms with van der Waals surface area (Å²) in [5, 5.41) is 6.92. The minimum absolute atomic E-state index is 0. The van der Waals surface area contributed by atoms with Crippen LogP contribution in [0, 0.1) is 5.92 Å². The van der Waals surface area contributed by atoms with Crippen LogP contribution in [0.2, 0.25) is 0 Å². The van der Waals surface area contributed by atoms with Crippen LogP contribution in [0.4, 0.5) is 0 Å². The van der Waals surface area contributed by atoms with E-state index in [4.69, 9.17) is 0 Å². The van der Waals surface area contributed by atoms with Crippen molar-refractivity contribution >= 4 is 35.8 Å². The minimum atomic E-state index is 0. The highest BCUT2D eigenvalue weighted by Crippen LogP contribution is 2.26. The number of carbonyl (C=O) groups excluding carboxylic acids is 1. The predicted octanol–water partition coefficient (Wildman–Crippen LogP) is 4.06. The maximum Gasteiger partial charge on any atom is 0.223 e. The summed E-state index contributed by atoms with van der Waals surface area (Å²) >= 11 is 0. The smallest absolute Gasteiger partial charge is 0.223 e. The van der Waals surface area contributed by atoms with E-state index in [0.29, 0.717) is 12.5 Å². The second kappa shape index (κ2) is 11.6. The van der Waals surface area contributed by atoms with E-state index >= 15 is 0 Å². The molecule has 6 heteroatoms.